The molecule has 2 aliphatic heterocycles. The number of H-pyrrole nitrogens is 1. The molecule has 2 N–H and O–H groups in total. The zero-order valence-electron chi connectivity index (χ0n) is 15.6. The van der Waals surface area contributed by atoms with Crippen LogP contribution >= 0.6 is 0 Å². The SMILES string of the molecule is O=C(Nc1nc(N2CCCCC2)n[nH]1)c1ccc(S(=O)(=O)N2CCCCC2)o1. The molecule has 0 bridgehead atoms. The first-order valence-corrected chi connectivity index (χ1v) is 11.1. The standard InChI is InChI=1S/C17H24N6O4S/c24-15(18-16-19-17(21-20-16)22-9-3-1-4-10-22)13-7-8-14(27-13)28(25,26)23-11-5-2-6-12-23/h7-8H,1-6,9-12H2,(H2,18,19,20,21,24). The van der Waals surface area contributed by atoms with Gasteiger partial charge in [0.1, 0.15) is 0 Å². The van der Waals surface area contributed by atoms with E-state index in [4.69, 9.17) is 4.42 Å². The predicted octanol–water partition coefficient (Wildman–Crippen LogP) is 1.81. The first-order valence-electron chi connectivity index (χ1n) is 9.63. The summed E-state index contributed by atoms with van der Waals surface area (Å²) >= 11 is 0. The highest BCUT2D eigenvalue weighted by atomic mass is 32.2. The van der Waals surface area contributed by atoms with Crippen molar-refractivity contribution in [3.63, 3.8) is 0 Å². The smallest absolute Gasteiger partial charge is 0.293 e. The number of piperidine rings is 2. The van der Waals surface area contributed by atoms with Crippen LogP contribution in [0.3, 0.4) is 0 Å². The molecule has 152 valence electrons. The Bertz CT molecular complexity index is 925. The zero-order valence-corrected chi connectivity index (χ0v) is 16.4. The third-order valence-electron chi connectivity index (χ3n) is 5.06. The van der Waals surface area contributed by atoms with Crippen molar-refractivity contribution in [3.8, 4) is 0 Å². The van der Waals surface area contributed by atoms with Crippen LogP contribution in [0.1, 0.15) is 49.1 Å². The normalized spacial score (nSPS) is 18.9. The van der Waals surface area contributed by atoms with Crippen molar-refractivity contribution >= 4 is 27.8 Å². The molecule has 28 heavy (non-hydrogen) atoms. The maximum Gasteiger partial charge on any atom is 0.293 e. The van der Waals surface area contributed by atoms with Crippen LogP contribution in [-0.2, 0) is 10.0 Å². The summed E-state index contributed by atoms with van der Waals surface area (Å²) in [5.74, 6) is 0.0677. The van der Waals surface area contributed by atoms with Gasteiger partial charge in [-0.25, -0.2) is 13.5 Å². The van der Waals surface area contributed by atoms with Crippen LogP contribution in [0.25, 0.3) is 0 Å². The maximum absolute atomic E-state index is 12.6. The number of furan rings is 1. The van der Waals surface area contributed by atoms with Crippen molar-refractivity contribution in [2.75, 3.05) is 36.4 Å². The van der Waals surface area contributed by atoms with E-state index in [9.17, 15) is 13.2 Å². The van der Waals surface area contributed by atoms with Crippen LogP contribution in [0.15, 0.2) is 21.6 Å². The predicted molar refractivity (Wildman–Crippen MR) is 102 cm³/mol. The van der Waals surface area contributed by atoms with Crippen LogP contribution in [0.4, 0.5) is 11.9 Å². The van der Waals surface area contributed by atoms with E-state index in [1.165, 1.54) is 22.9 Å². The van der Waals surface area contributed by atoms with Crippen molar-refractivity contribution in [2.24, 2.45) is 0 Å². The highest BCUT2D eigenvalue weighted by Crippen LogP contribution is 2.23. The van der Waals surface area contributed by atoms with Gasteiger partial charge in [0.25, 0.3) is 15.9 Å². The Kier molecular flexibility index (Phi) is 5.36. The van der Waals surface area contributed by atoms with Gasteiger partial charge in [0.15, 0.2) is 5.76 Å². The number of sulfonamides is 1. The number of anilines is 2. The molecule has 0 spiro atoms. The molecular weight excluding hydrogens is 384 g/mol. The molecule has 10 nitrogen and oxygen atoms in total. The monoisotopic (exact) mass is 408 g/mol. The van der Waals surface area contributed by atoms with Gasteiger partial charge in [-0.15, -0.1) is 5.10 Å². The Morgan fingerprint density at radius 1 is 1.04 bits per heavy atom. The lowest BCUT2D eigenvalue weighted by atomic mass is 10.1. The summed E-state index contributed by atoms with van der Waals surface area (Å²) in [7, 11) is -3.71. The molecule has 2 aromatic rings. The van der Waals surface area contributed by atoms with Gasteiger partial charge in [0, 0.05) is 26.2 Å². The maximum atomic E-state index is 12.6. The summed E-state index contributed by atoms with van der Waals surface area (Å²) in [6.07, 6.45) is 6.07. The molecule has 0 atom stereocenters. The largest absolute Gasteiger partial charge is 0.438 e. The first-order chi connectivity index (χ1) is 13.5. The van der Waals surface area contributed by atoms with Crippen LogP contribution in [0.2, 0.25) is 0 Å². The van der Waals surface area contributed by atoms with Crippen LogP contribution in [0.5, 0.6) is 0 Å². The highest BCUT2D eigenvalue weighted by Gasteiger charge is 2.29. The quantitative estimate of drug-likeness (QED) is 0.773. The van der Waals surface area contributed by atoms with E-state index in [0.29, 0.717) is 19.0 Å². The molecule has 2 aliphatic rings. The number of aromatic amines is 1. The topological polar surface area (TPSA) is 124 Å². The number of hydrogen-bond acceptors (Lipinski definition) is 7. The van der Waals surface area contributed by atoms with Crippen molar-refractivity contribution in [2.45, 2.75) is 43.6 Å². The number of carbonyl (C=O) groups excluding carboxylic acids is 1. The van der Waals surface area contributed by atoms with E-state index in [0.717, 1.165) is 45.2 Å². The number of aromatic nitrogens is 3. The highest BCUT2D eigenvalue weighted by molar-refractivity contribution is 7.89. The van der Waals surface area contributed by atoms with Gasteiger partial charge in [-0.05, 0) is 44.2 Å². The second-order valence-corrected chi connectivity index (χ2v) is 8.94. The number of rotatable bonds is 5. The fourth-order valence-corrected chi connectivity index (χ4v) is 4.96. The van der Waals surface area contributed by atoms with E-state index in [1.807, 2.05) is 0 Å². The molecule has 4 rings (SSSR count). The summed E-state index contributed by atoms with van der Waals surface area (Å²) in [5, 5.41) is 9.17. The zero-order chi connectivity index (χ0) is 19.6. The number of carbonyl (C=O) groups is 1. The molecule has 2 aromatic heterocycles. The van der Waals surface area contributed by atoms with Gasteiger partial charge in [-0.3, -0.25) is 10.1 Å². The first kappa shape index (κ1) is 18.9. The Morgan fingerprint density at radius 2 is 1.71 bits per heavy atom. The average molecular weight is 408 g/mol. The van der Waals surface area contributed by atoms with Crippen molar-refractivity contribution in [1.29, 1.82) is 0 Å². The second kappa shape index (κ2) is 7.92. The number of nitrogens with one attached hydrogen (secondary N) is 2. The summed E-state index contributed by atoms with van der Waals surface area (Å²) in [6.45, 7) is 2.73. The third-order valence-corrected chi connectivity index (χ3v) is 6.83. The van der Waals surface area contributed by atoms with Crippen LogP contribution in [0, 0.1) is 0 Å². The second-order valence-electron chi connectivity index (χ2n) is 7.07. The van der Waals surface area contributed by atoms with Gasteiger partial charge in [-0.1, -0.05) is 6.42 Å². The molecule has 0 saturated carbocycles. The molecule has 0 unspecified atom stereocenters. The molecule has 2 saturated heterocycles. The summed E-state index contributed by atoms with van der Waals surface area (Å²) in [5.41, 5.74) is 0. The summed E-state index contributed by atoms with van der Waals surface area (Å²) < 4.78 is 32.0. The van der Waals surface area contributed by atoms with Crippen molar-refractivity contribution in [1.82, 2.24) is 19.5 Å². The minimum absolute atomic E-state index is 0.0912. The molecule has 11 heteroatoms. The van der Waals surface area contributed by atoms with Gasteiger partial charge < -0.3 is 9.32 Å². The number of amides is 1. The Morgan fingerprint density at radius 3 is 2.43 bits per heavy atom. The van der Waals surface area contributed by atoms with E-state index in [2.05, 4.69) is 25.4 Å². The van der Waals surface area contributed by atoms with Crippen LogP contribution < -0.4 is 10.2 Å². The van der Waals surface area contributed by atoms with E-state index in [1.54, 1.807) is 0 Å². The Balaban J connectivity index is 1.42. The fourth-order valence-electron chi connectivity index (χ4n) is 3.53. The van der Waals surface area contributed by atoms with E-state index in [-0.39, 0.29) is 16.8 Å². The van der Waals surface area contributed by atoms with Gasteiger partial charge in [-0.2, -0.15) is 9.29 Å². The van der Waals surface area contributed by atoms with Gasteiger partial charge >= 0.3 is 0 Å². The molecule has 1 amide bonds. The van der Waals surface area contributed by atoms with Gasteiger partial charge in [0.2, 0.25) is 17.0 Å². The molecule has 4 heterocycles. The molecule has 0 aliphatic carbocycles. The molecular formula is C17H24N6O4S. The molecule has 0 aromatic carbocycles. The summed E-state index contributed by atoms with van der Waals surface area (Å²) in [4.78, 5) is 18.8. The number of hydrogen-bond donors (Lipinski definition) is 2. The minimum atomic E-state index is -3.71. The Labute approximate surface area is 163 Å². The molecule has 2 fully saturated rings. The van der Waals surface area contributed by atoms with Gasteiger partial charge in [0.05, 0.1) is 0 Å². The summed E-state index contributed by atoms with van der Waals surface area (Å²) in [6, 6.07) is 2.67. The number of nitrogens with zero attached hydrogens (tertiary/aromatic N) is 4. The lowest BCUT2D eigenvalue weighted by molar-refractivity contribution is 0.0990. The van der Waals surface area contributed by atoms with Crippen molar-refractivity contribution < 1.29 is 17.6 Å². The van der Waals surface area contributed by atoms with Crippen LogP contribution in [-0.4, -0.2) is 60.0 Å². The lowest BCUT2D eigenvalue weighted by Crippen LogP contribution is -2.35. The van der Waals surface area contributed by atoms with E-state index < -0.39 is 15.9 Å². The average Bonchev–Trinajstić information content (AvgIpc) is 3.40. The third kappa shape index (κ3) is 3.90. The lowest BCUT2D eigenvalue weighted by Gasteiger charge is -2.24. The fraction of sp³-hybridized carbons (Fsp3) is 0.588. The van der Waals surface area contributed by atoms with Crippen molar-refractivity contribution in [3.05, 3.63) is 17.9 Å². The Hall–Kier alpha value is -2.40. The minimum Gasteiger partial charge on any atom is -0.438 e. The van der Waals surface area contributed by atoms with E-state index >= 15 is 0 Å². The molecule has 0 radical (unpaired) electrons.